The molecule has 0 radical (unpaired) electrons. The lowest BCUT2D eigenvalue weighted by Gasteiger charge is -2.27. The van der Waals surface area contributed by atoms with E-state index in [1.165, 1.54) is 14.2 Å². The SMILES string of the molecule is COC(=O)COP(=O)(N[C@@H](CC(C)C)C(=O)OC)C(C)C. The van der Waals surface area contributed by atoms with E-state index in [2.05, 4.69) is 9.82 Å². The number of carbonyl (C=O) groups excluding carboxylic acids is 2. The second kappa shape index (κ2) is 9.18. The van der Waals surface area contributed by atoms with Gasteiger partial charge in [-0.05, 0) is 12.3 Å². The summed E-state index contributed by atoms with van der Waals surface area (Å²) in [5.41, 5.74) is -0.401. The second-order valence-corrected chi connectivity index (χ2v) is 8.12. The molecular weight excluding hydrogens is 297 g/mol. The summed E-state index contributed by atoms with van der Waals surface area (Å²) < 4.78 is 27.2. The fourth-order valence-electron chi connectivity index (χ4n) is 1.58. The van der Waals surface area contributed by atoms with E-state index in [-0.39, 0.29) is 5.92 Å². The highest BCUT2D eigenvalue weighted by atomic mass is 31.2. The molecule has 0 fully saturated rings. The third-order valence-electron chi connectivity index (χ3n) is 2.81. The Balaban J connectivity index is 5.03. The van der Waals surface area contributed by atoms with Crippen LogP contribution in [0.15, 0.2) is 0 Å². The number of ether oxygens (including phenoxy) is 2. The minimum Gasteiger partial charge on any atom is -0.468 e. The molecule has 21 heavy (non-hydrogen) atoms. The van der Waals surface area contributed by atoms with Gasteiger partial charge in [-0.1, -0.05) is 27.7 Å². The highest BCUT2D eigenvalue weighted by Gasteiger charge is 2.35. The summed E-state index contributed by atoms with van der Waals surface area (Å²) in [4.78, 5) is 22.9. The first-order valence-electron chi connectivity index (χ1n) is 6.83. The van der Waals surface area contributed by atoms with Crippen LogP contribution in [0, 0.1) is 5.92 Å². The first-order valence-corrected chi connectivity index (χ1v) is 8.52. The minimum atomic E-state index is -3.39. The van der Waals surface area contributed by atoms with E-state index < -0.39 is 37.8 Å². The summed E-state index contributed by atoms with van der Waals surface area (Å²) in [6.07, 6.45) is 0.449. The van der Waals surface area contributed by atoms with Crippen molar-refractivity contribution < 1.29 is 28.2 Å². The Kier molecular flexibility index (Phi) is 8.78. The number of rotatable bonds is 9. The summed E-state index contributed by atoms with van der Waals surface area (Å²) in [5, 5.41) is 2.74. The van der Waals surface area contributed by atoms with Crippen molar-refractivity contribution in [1.82, 2.24) is 5.09 Å². The van der Waals surface area contributed by atoms with Crippen LogP contribution in [0.3, 0.4) is 0 Å². The number of nitrogens with one attached hydrogen (secondary N) is 1. The van der Waals surface area contributed by atoms with Gasteiger partial charge in [-0.3, -0.25) is 9.36 Å². The van der Waals surface area contributed by atoms with E-state index in [0.717, 1.165) is 0 Å². The summed E-state index contributed by atoms with van der Waals surface area (Å²) in [6.45, 7) is 6.82. The molecule has 0 aromatic heterocycles. The number of methoxy groups -OCH3 is 2. The average molecular weight is 323 g/mol. The minimum absolute atomic E-state index is 0.197. The Hall–Kier alpha value is -0.910. The Labute approximate surface area is 126 Å². The highest BCUT2D eigenvalue weighted by Crippen LogP contribution is 2.48. The summed E-state index contributed by atoms with van der Waals surface area (Å²) in [6, 6.07) is -0.749. The quantitative estimate of drug-likeness (QED) is 0.512. The van der Waals surface area contributed by atoms with Gasteiger partial charge in [0.1, 0.15) is 6.04 Å². The first kappa shape index (κ1) is 20.1. The molecule has 0 aromatic rings. The summed E-state index contributed by atoms with van der Waals surface area (Å²) in [7, 11) is -0.901. The zero-order chi connectivity index (χ0) is 16.6. The fourth-order valence-corrected chi connectivity index (χ4v) is 3.19. The lowest BCUT2D eigenvalue weighted by molar-refractivity contribution is -0.143. The van der Waals surface area contributed by atoms with Crippen molar-refractivity contribution in [2.45, 2.75) is 45.8 Å². The van der Waals surface area contributed by atoms with Gasteiger partial charge in [-0.15, -0.1) is 0 Å². The molecule has 1 N–H and O–H groups in total. The molecule has 0 aliphatic heterocycles. The Bertz CT molecular complexity index is 396. The van der Waals surface area contributed by atoms with Gasteiger partial charge in [0.05, 0.1) is 14.2 Å². The molecule has 0 aliphatic carbocycles. The number of hydrogen-bond acceptors (Lipinski definition) is 6. The Morgan fingerprint density at radius 1 is 1.10 bits per heavy atom. The van der Waals surface area contributed by atoms with E-state index in [9.17, 15) is 14.2 Å². The van der Waals surface area contributed by atoms with E-state index >= 15 is 0 Å². The van der Waals surface area contributed by atoms with Crippen molar-refractivity contribution >= 4 is 19.5 Å². The molecule has 7 nitrogen and oxygen atoms in total. The molecule has 2 atom stereocenters. The molecule has 0 aromatic carbocycles. The first-order chi connectivity index (χ1) is 9.66. The molecule has 0 rings (SSSR count). The normalized spacial score (nSPS) is 15.6. The number of esters is 2. The van der Waals surface area contributed by atoms with Gasteiger partial charge in [-0.2, -0.15) is 0 Å². The molecule has 0 aliphatic rings. The maximum absolute atomic E-state index is 12.8. The smallest absolute Gasteiger partial charge is 0.332 e. The third-order valence-corrected chi connectivity index (χ3v) is 5.35. The third kappa shape index (κ3) is 7.07. The molecule has 0 saturated heterocycles. The van der Waals surface area contributed by atoms with Crippen LogP contribution >= 0.6 is 7.52 Å². The molecule has 0 heterocycles. The van der Waals surface area contributed by atoms with Gasteiger partial charge in [0.15, 0.2) is 6.61 Å². The Morgan fingerprint density at radius 2 is 1.67 bits per heavy atom. The summed E-state index contributed by atoms with van der Waals surface area (Å²) >= 11 is 0. The second-order valence-electron chi connectivity index (χ2n) is 5.37. The van der Waals surface area contributed by atoms with Crippen molar-refractivity contribution in [3.05, 3.63) is 0 Å². The van der Waals surface area contributed by atoms with Crippen LogP contribution < -0.4 is 5.09 Å². The standard InChI is InChI=1S/C13H26NO6P/c1-9(2)7-11(13(16)19-6)14-21(17,10(3)4)20-8-12(15)18-5/h9-11H,7-8H2,1-6H3,(H,14,17)/t11-,21?/m0/s1. The predicted molar refractivity (Wildman–Crippen MR) is 79.1 cm³/mol. The van der Waals surface area contributed by atoms with Crippen molar-refractivity contribution in [1.29, 1.82) is 0 Å². The lowest BCUT2D eigenvalue weighted by atomic mass is 10.1. The van der Waals surface area contributed by atoms with Gasteiger partial charge in [-0.25, -0.2) is 9.88 Å². The van der Waals surface area contributed by atoms with Crippen molar-refractivity contribution in [3.63, 3.8) is 0 Å². The number of hydrogen-bond donors (Lipinski definition) is 1. The lowest BCUT2D eigenvalue weighted by Crippen LogP contribution is -2.39. The molecule has 0 amide bonds. The van der Waals surface area contributed by atoms with E-state index in [1.54, 1.807) is 13.8 Å². The van der Waals surface area contributed by atoms with Crippen LogP contribution in [-0.2, 0) is 28.2 Å². The summed E-state index contributed by atoms with van der Waals surface area (Å²) in [5.74, 6) is -0.940. The zero-order valence-corrected chi connectivity index (χ0v) is 14.4. The van der Waals surface area contributed by atoms with E-state index in [0.29, 0.717) is 6.42 Å². The fraction of sp³-hybridized carbons (Fsp3) is 0.846. The number of carbonyl (C=O) groups is 2. The molecule has 0 spiro atoms. The molecular formula is C13H26NO6P. The van der Waals surface area contributed by atoms with E-state index in [1.807, 2.05) is 13.8 Å². The molecule has 0 bridgehead atoms. The maximum atomic E-state index is 12.8. The van der Waals surface area contributed by atoms with E-state index in [4.69, 9.17) is 9.26 Å². The molecule has 1 unspecified atom stereocenters. The van der Waals surface area contributed by atoms with Crippen LogP contribution in [0.4, 0.5) is 0 Å². The molecule has 124 valence electrons. The van der Waals surface area contributed by atoms with Crippen LogP contribution in [0.1, 0.15) is 34.1 Å². The van der Waals surface area contributed by atoms with Crippen LogP contribution in [0.25, 0.3) is 0 Å². The van der Waals surface area contributed by atoms with Crippen LogP contribution in [-0.4, -0.2) is 44.5 Å². The Morgan fingerprint density at radius 3 is 2.05 bits per heavy atom. The topological polar surface area (TPSA) is 90.9 Å². The monoisotopic (exact) mass is 323 g/mol. The van der Waals surface area contributed by atoms with Gasteiger partial charge < -0.3 is 14.0 Å². The molecule has 0 saturated carbocycles. The highest BCUT2D eigenvalue weighted by molar-refractivity contribution is 7.57. The van der Waals surface area contributed by atoms with Crippen molar-refractivity contribution in [3.8, 4) is 0 Å². The van der Waals surface area contributed by atoms with Gasteiger partial charge in [0, 0.05) is 5.66 Å². The van der Waals surface area contributed by atoms with Crippen LogP contribution in [0.2, 0.25) is 0 Å². The average Bonchev–Trinajstić information content (AvgIpc) is 2.42. The van der Waals surface area contributed by atoms with Crippen molar-refractivity contribution in [2.75, 3.05) is 20.8 Å². The van der Waals surface area contributed by atoms with Crippen LogP contribution in [0.5, 0.6) is 0 Å². The predicted octanol–water partition coefficient (Wildman–Crippen LogP) is 1.95. The van der Waals surface area contributed by atoms with Gasteiger partial charge >= 0.3 is 11.9 Å². The molecule has 8 heteroatoms. The van der Waals surface area contributed by atoms with Gasteiger partial charge in [0.2, 0.25) is 0 Å². The van der Waals surface area contributed by atoms with Gasteiger partial charge in [0.25, 0.3) is 7.52 Å². The van der Waals surface area contributed by atoms with Crippen molar-refractivity contribution in [2.24, 2.45) is 5.92 Å². The zero-order valence-electron chi connectivity index (χ0n) is 13.5. The largest absolute Gasteiger partial charge is 0.468 e. The maximum Gasteiger partial charge on any atom is 0.332 e.